The molecule has 0 aromatic carbocycles. The molecule has 118 valence electrons. The number of anilines is 1. The third-order valence-electron chi connectivity index (χ3n) is 3.02. The Hall–Kier alpha value is -1.62. The van der Waals surface area contributed by atoms with E-state index in [-0.39, 0.29) is 11.9 Å². The van der Waals surface area contributed by atoms with Crippen LogP contribution in [0.5, 0.6) is 0 Å². The molecule has 5 heteroatoms. The molecule has 1 heterocycles. The van der Waals surface area contributed by atoms with Crippen molar-refractivity contribution in [1.82, 2.24) is 15.2 Å². The number of aryl methyl sites for hydroxylation is 1. The molecule has 0 saturated heterocycles. The normalized spacial score (nSPS) is 12.3. The second-order valence-electron chi connectivity index (χ2n) is 5.65. The van der Waals surface area contributed by atoms with Crippen LogP contribution in [0.15, 0.2) is 12.1 Å². The zero-order chi connectivity index (χ0) is 15.8. The van der Waals surface area contributed by atoms with Gasteiger partial charge in [-0.2, -0.15) is 0 Å². The van der Waals surface area contributed by atoms with E-state index in [0.717, 1.165) is 37.4 Å². The molecule has 0 fully saturated rings. The number of carbonyl (C=O) groups excluding carboxylic acids is 1. The minimum atomic E-state index is -0.0387. The van der Waals surface area contributed by atoms with Gasteiger partial charge in [-0.05, 0) is 46.5 Å². The van der Waals surface area contributed by atoms with E-state index in [0.29, 0.717) is 5.56 Å². The van der Waals surface area contributed by atoms with Gasteiger partial charge in [0, 0.05) is 30.4 Å². The number of hydrogen-bond acceptors (Lipinski definition) is 4. The van der Waals surface area contributed by atoms with Gasteiger partial charge in [-0.25, -0.2) is 4.98 Å². The molecule has 1 rings (SSSR count). The first kappa shape index (κ1) is 17.4. The van der Waals surface area contributed by atoms with Crippen molar-refractivity contribution in [2.45, 2.75) is 39.7 Å². The smallest absolute Gasteiger partial charge is 0.251 e. The zero-order valence-corrected chi connectivity index (χ0v) is 13.9. The van der Waals surface area contributed by atoms with Gasteiger partial charge in [-0.1, -0.05) is 13.3 Å². The van der Waals surface area contributed by atoms with E-state index in [9.17, 15) is 4.79 Å². The predicted molar refractivity (Wildman–Crippen MR) is 87.9 cm³/mol. The molecule has 1 amide bonds. The summed E-state index contributed by atoms with van der Waals surface area (Å²) in [6.07, 6.45) is 1.90. The molecule has 0 bridgehead atoms. The second kappa shape index (κ2) is 8.62. The maximum absolute atomic E-state index is 12.4. The fourth-order valence-electron chi connectivity index (χ4n) is 2.28. The van der Waals surface area contributed by atoms with E-state index < -0.39 is 0 Å². The van der Waals surface area contributed by atoms with Crippen LogP contribution < -0.4 is 10.6 Å². The van der Waals surface area contributed by atoms with Gasteiger partial charge < -0.3 is 15.5 Å². The standard InChI is InChI=1S/C16H28N4O/c1-6-8-14-9-13(10-15(19-14)17-7-2)16(21)18-12(3)11-20(4)5/h9-10,12H,6-8,11H2,1-5H3,(H,17,19)(H,18,21). The Kier molecular flexibility index (Phi) is 7.15. The largest absolute Gasteiger partial charge is 0.370 e. The van der Waals surface area contributed by atoms with Crippen molar-refractivity contribution in [3.63, 3.8) is 0 Å². The molecular weight excluding hydrogens is 264 g/mol. The molecule has 0 aliphatic rings. The van der Waals surface area contributed by atoms with E-state index in [1.54, 1.807) is 0 Å². The van der Waals surface area contributed by atoms with Crippen molar-refractivity contribution in [3.8, 4) is 0 Å². The van der Waals surface area contributed by atoms with Crippen LogP contribution >= 0.6 is 0 Å². The van der Waals surface area contributed by atoms with Crippen LogP contribution in [0.25, 0.3) is 0 Å². The Balaban J connectivity index is 2.86. The number of nitrogens with one attached hydrogen (secondary N) is 2. The molecule has 1 atom stereocenters. The van der Waals surface area contributed by atoms with Crippen molar-refractivity contribution < 1.29 is 4.79 Å². The molecule has 1 aromatic rings. The van der Waals surface area contributed by atoms with E-state index in [2.05, 4.69) is 27.4 Å². The number of pyridine rings is 1. The van der Waals surface area contributed by atoms with E-state index in [1.165, 1.54) is 0 Å². The first-order valence-corrected chi connectivity index (χ1v) is 7.66. The van der Waals surface area contributed by atoms with Gasteiger partial charge in [0.2, 0.25) is 0 Å². The summed E-state index contributed by atoms with van der Waals surface area (Å²) in [7, 11) is 4.00. The highest BCUT2D eigenvalue weighted by atomic mass is 16.1. The van der Waals surface area contributed by atoms with Gasteiger partial charge in [0.1, 0.15) is 5.82 Å². The first-order chi connectivity index (χ1) is 9.96. The Bertz CT molecular complexity index is 435. The van der Waals surface area contributed by atoms with Crippen molar-refractivity contribution in [3.05, 3.63) is 23.4 Å². The molecule has 0 aliphatic heterocycles. The van der Waals surface area contributed by atoms with Gasteiger partial charge in [-0.15, -0.1) is 0 Å². The molecular formula is C16H28N4O. The van der Waals surface area contributed by atoms with Crippen molar-refractivity contribution >= 4 is 11.7 Å². The Morgan fingerprint density at radius 2 is 2.05 bits per heavy atom. The lowest BCUT2D eigenvalue weighted by atomic mass is 10.1. The van der Waals surface area contributed by atoms with Gasteiger partial charge in [0.05, 0.1) is 0 Å². The number of aromatic nitrogens is 1. The molecule has 0 radical (unpaired) electrons. The number of likely N-dealkylation sites (N-methyl/N-ethyl adjacent to an activating group) is 1. The molecule has 21 heavy (non-hydrogen) atoms. The molecule has 2 N–H and O–H groups in total. The Morgan fingerprint density at radius 3 is 2.62 bits per heavy atom. The summed E-state index contributed by atoms with van der Waals surface area (Å²) in [5, 5.41) is 6.22. The molecule has 1 unspecified atom stereocenters. The number of carbonyl (C=O) groups is 1. The average molecular weight is 292 g/mol. The third-order valence-corrected chi connectivity index (χ3v) is 3.02. The number of rotatable bonds is 8. The highest BCUT2D eigenvalue weighted by Gasteiger charge is 2.13. The van der Waals surface area contributed by atoms with Crippen molar-refractivity contribution in [1.29, 1.82) is 0 Å². The highest BCUT2D eigenvalue weighted by Crippen LogP contribution is 2.12. The first-order valence-electron chi connectivity index (χ1n) is 7.66. The minimum absolute atomic E-state index is 0.0387. The lowest BCUT2D eigenvalue weighted by Gasteiger charge is -2.18. The topological polar surface area (TPSA) is 57.3 Å². The SMILES string of the molecule is CCCc1cc(C(=O)NC(C)CN(C)C)cc(NCC)n1. The molecule has 5 nitrogen and oxygen atoms in total. The van der Waals surface area contributed by atoms with Crippen LogP contribution in [-0.2, 0) is 6.42 Å². The average Bonchev–Trinajstić information content (AvgIpc) is 2.38. The fraction of sp³-hybridized carbons (Fsp3) is 0.625. The second-order valence-corrected chi connectivity index (χ2v) is 5.65. The number of hydrogen-bond donors (Lipinski definition) is 2. The molecule has 0 aliphatic carbocycles. The van der Waals surface area contributed by atoms with Crippen LogP contribution in [0, 0.1) is 0 Å². The summed E-state index contributed by atoms with van der Waals surface area (Å²) in [6, 6.07) is 3.82. The van der Waals surface area contributed by atoms with Crippen molar-refractivity contribution in [2.75, 3.05) is 32.5 Å². The summed E-state index contributed by atoms with van der Waals surface area (Å²) in [5.41, 5.74) is 1.64. The van der Waals surface area contributed by atoms with E-state index in [1.807, 2.05) is 40.1 Å². The van der Waals surface area contributed by atoms with Gasteiger partial charge >= 0.3 is 0 Å². The predicted octanol–water partition coefficient (Wildman–Crippen LogP) is 2.15. The number of nitrogens with zero attached hydrogens (tertiary/aromatic N) is 2. The molecule has 1 aromatic heterocycles. The lowest BCUT2D eigenvalue weighted by Crippen LogP contribution is -2.39. The fourth-order valence-corrected chi connectivity index (χ4v) is 2.28. The van der Waals surface area contributed by atoms with Gasteiger partial charge in [0.15, 0.2) is 0 Å². The highest BCUT2D eigenvalue weighted by molar-refractivity contribution is 5.95. The van der Waals surface area contributed by atoms with Crippen LogP contribution in [0.3, 0.4) is 0 Å². The van der Waals surface area contributed by atoms with Crippen LogP contribution in [0.2, 0.25) is 0 Å². The maximum atomic E-state index is 12.4. The lowest BCUT2D eigenvalue weighted by molar-refractivity contribution is 0.0934. The molecule has 0 saturated carbocycles. The van der Waals surface area contributed by atoms with Crippen LogP contribution in [0.1, 0.15) is 43.2 Å². The summed E-state index contributed by atoms with van der Waals surface area (Å²) in [4.78, 5) is 18.9. The van der Waals surface area contributed by atoms with Gasteiger partial charge in [0.25, 0.3) is 5.91 Å². The molecule has 0 spiro atoms. The quantitative estimate of drug-likeness (QED) is 0.771. The summed E-state index contributed by atoms with van der Waals surface area (Å²) in [5.74, 6) is 0.733. The number of amides is 1. The zero-order valence-electron chi connectivity index (χ0n) is 13.9. The Morgan fingerprint density at radius 1 is 1.33 bits per heavy atom. The monoisotopic (exact) mass is 292 g/mol. The van der Waals surface area contributed by atoms with Gasteiger partial charge in [-0.3, -0.25) is 4.79 Å². The maximum Gasteiger partial charge on any atom is 0.251 e. The third kappa shape index (κ3) is 6.12. The van der Waals surface area contributed by atoms with Crippen molar-refractivity contribution in [2.24, 2.45) is 0 Å². The Labute approximate surface area is 128 Å². The minimum Gasteiger partial charge on any atom is -0.370 e. The summed E-state index contributed by atoms with van der Waals surface area (Å²) in [6.45, 7) is 7.75. The summed E-state index contributed by atoms with van der Waals surface area (Å²) >= 11 is 0. The van der Waals surface area contributed by atoms with E-state index in [4.69, 9.17) is 0 Å². The van der Waals surface area contributed by atoms with Crippen LogP contribution in [0.4, 0.5) is 5.82 Å². The van der Waals surface area contributed by atoms with E-state index >= 15 is 0 Å². The van der Waals surface area contributed by atoms with Crippen LogP contribution in [-0.4, -0.2) is 49.0 Å². The summed E-state index contributed by atoms with van der Waals surface area (Å²) < 4.78 is 0.